The predicted octanol–water partition coefficient (Wildman–Crippen LogP) is 3.09. The Bertz CT molecular complexity index is 569. The number of aromatic nitrogens is 2. The molecule has 1 heterocycles. The second kappa shape index (κ2) is 5.81. The Kier molecular flexibility index (Phi) is 4.12. The summed E-state index contributed by atoms with van der Waals surface area (Å²) in [5, 5.41) is 9.87. The Hall–Kier alpha value is -2.24. The molecule has 20 heavy (non-hydrogen) atoms. The number of ether oxygens (including phenoxy) is 1. The summed E-state index contributed by atoms with van der Waals surface area (Å²) in [5.41, 5.74) is 7.80. The third-order valence-electron chi connectivity index (χ3n) is 2.86. The highest BCUT2D eigenvalue weighted by Gasteiger charge is 2.13. The van der Waals surface area contributed by atoms with Crippen molar-refractivity contribution in [2.75, 3.05) is 11.1 Å². The lowest BCUT2D eigenvalue weighted by molar-refractivity contribution is 0.231. The number of H-pyrrole nitrogens is 1. The molecule has 0 amide bonds. The van der Waals surface area contributed by atoms with Crippen molar-refractivity contribution in [1.82, 2.24) is 10.2 Å². The second-order valence-electron chi connectivity index (χ2n) is 4.93. The number of nitrogens with zero attached hydrogens (tertiary/aromatic N) is 1. The molecular weight excluding hydrogens is 259 g/mol. The second-order valence-corrected chi connectivity index (χ2v) is 4.93. The van der Waals surface area contributed by atoms with Crippen LogP contribution < -0.4 is 15.8 Å². The van der Waals surface area contributed by atoms with Gasteiger partial charge in [0, 0.05) is 23.9 Å². The van der Waals surface area contributed by atoms with Crippen molar-refractivity contribution in [2.45, 2.75) is 32.9 Å². The number of aromatic amines is 1. The van der Waals surface area contributed by atoms with Gasteiger partial charge in [0.15, 0.2) is 11.6 Å². The maximum absolute atomic E-state index is 13.8. The molecule has 0 saturated carbocycles. The first-order valence-corrected chi connectivity index (χ1v) is 6.48. The molecule has 1 aromatic heterocycles. The fourth-order valence-electron chi connectivity index (χ4n) is 1.85. The van der Waals surface area contributed by atoms with E-state index in [2.05, 4.69) is 15.5 Å². The lowest BCUT2D eigenvalue weighted by atomic mass is 10.1. The van der Waals surface area contributed by atoms with Gasteiger partial charge in [-0.1, -0.05) is 0 Å². The molecule has 0 spiro atoms. The van der Waals surface area contributed by atoms with Crippen molar-refractivity contribution in [1.29, 1.82) is 0 Å². The molecule has 1 atom stereocenters. The van der Waals surface area contributed by atoms with Gasteiger partial charge in [-0.05, 0) is 20.8 Å². The van der Waals surface area contributed by atoms with E-state index >= 15 is 0 Å². The minimum absolute atomic E-state index is 0.00610. The van der Waals surface area contributed by atoms with E-state index in [0.29, 0.717) is 11.4 Å². The zero-order valence-electron chi connectivity index (χ0n) is 11.8. The molecule has 108 valence electrons. The number of hydrogen-bond donors (Lipinski definition) is 3. The van der Waals surface area contributed by atoms with Crippen LogP contribution in [0.3, 0.4) is 0 Å². The van der Waals surface area contributed by atoms with Crippen LogP contribution in [0.1, 0.15) is 32.4 Å². The zero-order chi connectivity index (χ0) is 14.7. The Morgan fingerprint density at radius 1 is 1.35 bits per heavy atom. The first kappa shape index (κ1) is 14.2. The highest BCUT2D eigenvalue weighted by Crippen LogP contribution is 2.31. The van der Waals surface area contributed by atoms with Crippen molar-refractivity contribution < 1.29 is 9.13 Å². The van der Waals surface area contributed by atoms with Crippen LogP contribution in [0.4, 0.5) is 15.8 Å². The van der Waals surface area contributed by atoms with Crippen molar-refractivity contribution in [3.63, 3.8) is 0 Å². The summed E-state index contributed by atoms with van der Waals surface area (Å²) in [4.78, 5) is 0. The van der Waals surface area contributed by atoms with Crippen LogP contribution in [-0.4, -0.2) is 16.3 Å². The van der Waals surface area contributed by atoms with E-state index in [1.54, 1.807) is 18.5 Å². The first-order valence-electron chi connectivity index (χ1n) is 6.48. The molecular formula is C14H19FN4O. The number of rotatable bonds is 5. The normalized spacial score (nSPS) is 12.4. The molecule has 4 N–H and O–H groups in total. The smallest absolute Gasteiger partial charge is 0.167 e. The minimum atomic E-state index is -0.460. The Balaban J connectivity index is 2.22. The summed E-state index contributed by atoms with van der Waals surface area (Å²) in [6.07, 6.45) is 3.42. The minimum Gasteiger partial charge on any atom is -0.488 e. The summed E-state index contributed by atoms with van der Waals surface area (Å²) in [6, 6.07) is 2.84. The van der Waals surface area contributed by atoms with Crippen molar-refractivity contribution >= 4 is 11.4 Å². The van der Waals surface area contributed by atoms with Crippen molar-refractivity contribution in [3.05, 3.63) is 35.9 Å². The molecule has 2 aromatic rings. The maximum atomic E-state index is 13.8. The van der Waals surface area contributed by atoms with Gasteiger partial charge in [-0.15, -0.1) is 0 Å². The number of nitrogen functional groups attached to an aromatic ring is 1. The molecule has 0 aliphatic carbocycles. The Morgan fingerprint density at radius 2 is 2.10 bits per heavy atom. The van der Waals surface area contributed by atoms with E-state index < -0.39 is 5.82 Å². The van der Waals surface area contributed by atoms with E-state index in [-0.39, 0.29) is 17.9 Å². The molecule has 0 fully saturated rings. The summed E-state index contributed by atoms with van der Waals surface area (Å²) in [5.74, 6) is -0.270. The van der Waals surface area contributed by atoms with Gasteiger partial charge in [0.05, 0.1) is 29.7 Å². The van der Waals surface area contributed by atoms with E-state index in [4.69, 9.17) is 10.5 Å². The molecule has 1 unspecified atom stereocenters. The van der Waals surface area contributed by atoms with Gasteiger partial charge in [-0.2, -0.15) is 5.10 Å². The van der Waals surface area contributed by atoms with Crippen LogP contribution in [-0.2, 0) is 0 Å². The van der Waals surface area contributed by atoms with Gasteiger partial charge in [0.2, 0.25) is 0 Å². The number of nitrogens with two attached hydrogens (primary N) is 1. The van der Waals surface area contributed by atoms with Gasteiger partial charge in [-0.25, -0.2) is 4.39 Å². The number of anilines is 2. The molecule has 1 aromatic carbocycles. The van der Waals surface area contributed by atoms with E-state index in [1.165, 1.54) is 6.07 Å². The maximum Gasteiger partial charge on any atom is 0.167 e. The number of nitrogens with one attached hydrogen (secondary N) is 2. The lowest BCUT2D eigenvalue weighted by Crippen LogP contribution is -2.11. The fraction of sp³-hybridized carbons (Fsp3) is 0.357. The predicted molar refractivity (Wildman–Crippen MR) is 77.2 cm³/mol. The summed E-state index contributed by atoms with van der Waals surface area (Å²) >= 11 is 0. The largest absolute Gasteiger partial charge is 0.488 e. The third kappa shape index (κ3) is 3.20. The molecule has 6 heteroatoms. The van der Waals surface area contributed by atoms with Gasteiger partial charge >= 0.3 is 0 Å². The fourth-order valence-corrected chi connectivity index (χ4v) is 1.85. The van der Waals surface area contributed by atoms with Crippen molar-refractivity contribution in [2.24, 2.45) is 0 Å². The molecule has 0 aliphatic heterocycles. The van der Waals surface area contributed by atoms with Gasteiger partial charge in [0.25, 0.3) is 0 Å². The van der Waals surface area contributed by atoms with Crippen molar-refractivity contribution in [3.8, 4) is 5.75 Å². The van der Waals surface area contributed by atoms with E-state index in [1.807, 2.05) is 20.8 Å². The Labute approximate surface area is 117 Å². The average Bonchev–Trinajstić information content (AvgIpc) is 2.88. The van der Waals surface area contributed by atoms with Crippen LogP contribution in [0.5, 0.6) is 5.75 Å². The summed E-state index contributed by atoms with van der Waals surface area (Å²) in [6.45, 7) is 5.66. The van der Waals surface area contributed by atoms with Crippen LogP contribution in [0.25, 0.3) is 0 Å². The standard InChI is InChI=1S/C14H19FN4O/c1-8(2)20-14-5-13(12(16)4-11(14)15)19-9(3)10-6-17-18-7-10/h4-9,19H,16H2,1-3H3,(H,17,18). The molecule has 0 aliphatic rings. The molecule has 0 radical (unpaired) electrons. The van der Waals surface area contributed by atoms with Crippen LogP contribution in [0.2, 0.25) is 0 Å². The summed E-state index contributed by atoms with van der Waals surface area (Å²) < 4.78 is 19.2. The quantitative estimate of drug-likeness (QED) is 0.735. The number of hydrogen-bond acceptors (Lipinski definition) is 4. The first-order chi connectivity index (χ1) is 9.47. The SMILES string of the molecule is CC(C)Oc1cc(NC(C)c2cn[nH]c2)c(N)cc1F. The molecule has 2 rings (SSSR count). The van der Waals surface area contributed by atoms with Gasteiger partial charge in [-0.3, -0.25) is 5.10 Å². The monoisotopic (exact) mass is 278 g/mol. The van der Waals surface area contributed by atoms with E-state index in [9.17, 15) is 4.39 Å². The zero-order valence-corrected chi connectivity index (χ0v) is 11.8. The van der Waals surface area contributed by atoms with Crippen LogP contribution in [0.15, 0.2) is 24.5 Å². The topological polar surface area (TPSA) is 76.0 Å². The van der Waals surface area contributed by atoms with Crippen LogP contribution in [0, 0.1) is 5.82 Å². The van der Waals surface area contributed by atoms with E-state index in [0.717, 1.165) is 5.56 Å². The highest BCUT2D eigenvalue weighted by atomic mass is 19.1. The lowest BCUT2D eigenvalue weighted by Gasteiger charge is -2.18. The number of halogens is 1. The summed E-state index contributed by atoms with van der Waals surface area (Å²) in [7, 11) is 0. The molecule has 5 nitrogen and oxygen atoms in total. The van der Waals surface area contributed by atoms with Crippen LogP contribution >= 0.6 is 0 Å². The highest BCUT2D eigenvalue weighted by molar-refractivity contribution is 5.69. The van der Waals surface area contributed by atoms with Gasteiger partial charge < -0.3 is 15.8 Å². The molecule has 0 bridgehead atoms. The third-order valence-corrected chi connectivity index (χ3v) is 2.86. The molecule has 0 saturated heterocycles. The average molecular weight is 278 g/mol. The Morgan fingerprint density at radius 3 is 2.70 bits per heavy atom. The number of benzene rings is 1. The van der Waals surface area contributed by atoms with Gasteiger partial charge in [0.1, 0.15) is 0 Å².